The Bertz CT molecular complexity index is 973. The van der Waals surface area contributed by atoms with Gasteiger partial charge in [0.15, 0.2) is 5.78 Å². The third-order valence-electron chi connectivity index (χ3n) is 5.45. The highest BCUT2D eigenvalue weighted by atomic mass is 16.7. The highest BCUT2D eigenvalue weighted by molar-refractivity contribution is 6.07. The number of hydrogen-bond acceptors (Lipinski definition) is 4. The zero-order valence-electron chi connectivity index (χ0n) is 14.9. The van der Waals surface area contributed by atoms with Gasteiger partial charge in [0, 0.05) is 17.2 Å². The van der Waals surface area contributed by atoms with Crippen LogP contribution in [0.5, 0.6) is 11.5 Å². The summed E-state index contributed by atoms with van der Waals surface area (Å²) in [5.41, 5.74) is 1.55. The van der Waals surface area contributed by atoms with Gasteiger partial charge < -0.3 is 14.2 Å². The second kappa shape index (κ2) is 6.10. The molecule has 1 unspecified atom stereocenters. The summed E-state index contributed by atoms with van der Waals surface area (Å²) in [7, 11) is 0. The summed E-state index contributed by atoms with van der Waals surface area (Å²) in [5, 5.41) is 2.04. The molecule has 1 atom stereocenters. The van der Waals surface area contributed by atoms with Gasteiger partial charge in [-0.05, 0) is 42.9 Å². The van der Waals surface area contributed by atoms with Crippen molar-refractivity contribution < 1.29 is 19.0 Å². The SMILES string of the molecule is C=CCOC1CCCC2=C1C(=O)C=CC21Oc2cccc3cccc(c23)O1. The first-order chi connectivity index (χ1) is 13.2. The molecule has 0 bridgehead atoms. The topological polar surface area (TPSA) is 44.8 Å². The van der Waals surface area contributed by atoms with Crippen LogP contribution in [0.25, 0.3) is 10.8 Å². The van der Waals surface area contributed by atoms with Gasteiger partial charge in [-0.1, -0.05) is 30.3 Å². The molecule has 2 aliphatic carbocycles. The molecule has 3 aliphatic rings. The third-order valence-corrected chi connectivity index (χ3v) is 5.45. The summed E-state index contributed by atoms with van der Waals surface area (Å²) < 4.78 is 18.7. The predicted octanol–water partition coefficient (Wildman–Crippen LogP) is 4.50. The largest absolute Gasteiger partial charge is 0.444 e. The van der Waals surface area contributed by atoms with E-state index in [0.29, 0.717) is 12.2 Å². The first-order valence-electron chi connectivity index (χ1n) is 9.31. The maximum atomic E-state index is 12.7. The number of hydrogen-bond donors (Lipinski definition) is 0. The Labute approximate surface area is 157 Å². The number of ketones is 1. The lowest BCUT2D eigenvalue weighted by molar-refractivity contribution is -0.115. The minimum atomic E-state index is -1.08. The van der Waals surface area contributed by atoms with Gasteiger partial charge in [-0.15, -0.1) is 6.58 Å². The zero-order valence-corrected chi connectivity index (χ0v) is 14.9. The zero-order chi connectivity index (χ0) is 18.4. The monoisotopic (exact) mass is 360 g/mol. The number of rotatable bonds is 3. The van der Waals surface area contributed by atoms with Gasteiger partial charge in [0.05, 0.1) is 18.1 Å². The first-order valence-corrected chi connectivity index (χ1v) is 9.31. The predicted molar refractivity (Wildman–Crippen MR) is 103 cm³/mol. The molecule has 0 amide bonds. The van der Waals surface area contributed by atoms with Gasteiger partial charge in [0.25, 0.3) is 5.79 Å². The molecule has 4 nitrogen and oxygen atoms in total. The van der Waals surface area contributed by atoms with Crippen LogP contribution in [0.4, 0.5) is 0 Å². The molecular weight excluding hydrogens is 340 g/mol. The lowest BCUT2D eigenvalue weighted by Gasteiger charge is -2.43. The molecule has 2 aromatic carbocycles. The van der Waals surface area contributed by atoms with E-state index in [0.717, 1.165) is 47.1 Å². The summed E-state index contributed by atoms with van der Waals surface area (Å²) in [4.78, 5) is 12.7. The van der Waals surface area contributed by atoms with Gasteiger partial charge >= 0.3 is 0 Å². The van der Waals surface area contributed by atoms with E-state index < -0.39 is 5.79 Å². The molecule has 0 radical (unpaired) electrons. The Morgan fingerprint density at radius 1 is 1.19 bits per heavy atom. The molecule has 136 valence electrons. The molecule has 5 rings (SSSR count). The molecule has 27 heavy (non-hydrogen) atoms. The van der Waals surface area contributed by atoms with Crippen LogP contribution in [0.3, 0.4) is 0 Å². The van der Waals surface area contributed by atoms with Crippen molar-refractivity contribution in [3.63, 3.8) is 0 Å². The normalized spacial score (nSPS) is 22.4. The Hall–Kier alpha value is -2.85. The second-order valence-electron chi connectivity index (χ2n) is 7.07. The smallest absolute Gasteiger partial charge is 0.295 e. The maximum Gasteiger partial charge on any atom is 0.295 e. The number of carbonyl (C=O) groups is 1. The standard InChI is InChI=1S/C23H20O4/c1-2-14-25-18-9-5-8-16-22(18)17(24)12-13-23(16)26-19-10-3-6-15-7-4-11-20(27-23)21(15)19/h2-4,6-7,10-13,18H,1,5,8-9,14H2. The van der Waals surface area contributed by atoms with Crippen LogP contribution in [0.15, 0.2) is 72.4 Å². The van der Waals surface area contributed by atoms with Crippen LogP contribution in [0.2, 0.25) is 0 Å². The van der Waals surface area contributed by atoms with Gasteiger partial charge in [-0.25, -0.2) is 0 Å². The fourth-order valence-corrected chi connectivity index (χ4v) is 4.32. The van der Waals surface area contributed by atoms with Gasteiger partial charge in [0.2, 0.25) is 0 Å². The summed E-state index contributed by atoms with van der Waals surface area (Å²) in [6.45, 7) is 4.12. The summed E-state index contributed by atoms with van der Waals surface area (Å²) in [6.07, 6.45) is 7.24. The van der Waals surface area contributed by atoms with Crippen LogP contribution < -0.4 is 9.47 Å². The van der Waals surface area contributed by atoms with E-state index in [1.807, 2.05) is 36.4 Å². The summed E-state index contributed by atoms with van der Waals surface area (Å²) in [6, 6.07) is 11.9. The van der Waals surface area contributed by atoms with E-state index >= 15 is 0 Å². The lowest BCUT2D eigenvalue weighted by Crippen LogP contribution is -2.49. The molecule has 4 heteroatoms. The molecule has 0 aromatic heterocycles. The molecule has 2 aromatic rings. The molecule has 0 saturated heterocycles. The average molecular weight is 360 g/mol. The minimum absolute atomic E-state index is 0.0198. The highest BCUT2D eigenvalue weighted by Gasteiger charge is 2.48. The Kier molecular flexibility index (Phi) is 3.69. The first kappa shape index (κ1) is 16.3. The number of ether oxygens (including phenoxy) is 3. The van der Waals surface area contributed by atoms with Crippen LogP contribution in [-0.4, -0.2) is 24.3 Å². The van der Waals surface area contributed by atoms with Gasteiger partial charge in [0.1, 0.15) is 11.5 Å². The Balaban J connectivity index is 1.64. The number of benzene rings is 2. The van der Waals surface area contributed by atoms with Crippen molar-refractivity contribution in [2.45, 2.75) is 31.2 Å². The van der Waals surface area contributed by atoms with Crippen molar-refractivity contribution in [2.24, 2.45) is 0 Å². The van der Waals surface area contributed by atoms with E-state index in [1.54, 1.807) is 18.2 Å². The van der Waals surface area contributed by atoms with Crippen molar-refractivity contribution in [3.8, 4) is 11.5 Å². The minimum Gasteiger partial charge on any atom is -0.444 e. The van der Waals surface area contributed by atoms with E-state index in [4.69, 9.17) is 14.2 Å². The van der Waals surface area contributed by atoms with E-state index in [-0.39, 0.29) is 11.9 Å². The van der Waals surface area contributed by atoms with E-state index in [2.05, 4.69) is 6.58 Å². The summed E-state index contributed by atoms with van der Waals surface area (Å²) >= 11 is 0. The Morgan fingerprint density at radius 2 is 1.93 bits per heavy atom. The fourth-order valence-electron chi connectivity index (χ4n) is 4.32. The third kappa shape index (κ3) is 2.44. The van der Waals surface area contributed by atoms with Crippen molar-refractivity contribution in [2.75, 3.05) is 6.61 Å². The van der Waals surface area contributed by atoms with Gasteiger partial charge in [-0.3, -0.25) is 4.79 Å². The molecule has 0 N–H and O–H groups in total. The van der Waals surface area contributed by atoms with Crippen LogP contribution in [0, 0.1) is 0 Å². The van der Waals surface area contributed by atoms with Crippen molar-refractivity contribution in [3.05, 3.63) is 72.4 Å². The highest BCUT2D eigenvalue weighted by Crippen LogP contribution is 2.48. The lowest BCUT2D eigenvalue weighted by atomic mass is 9.79. The van der Waals surface area contributed by atoms with Crippen molar-refractivity contribution in [1.29, 1.82) is 0 Å². The van der Waals surface area contributed by atoms with Crippen LogP contribution >= 0.6 is 0 Å². The number of allylic oxidation sites excluding steroid dienone is 1. The fraction of sp³-hybridized carbons (Fsp3) is 0.261. The van der Waals surface area contributed by atoms with Crippen LogP contribution in [0.1, 0.15) is 19.3 Å². The quantitative estimate of drug-likeness (QED) is 0.756. The Morgan fingerprint density at radius 3 is 2.63 bits per heavy atom. The molecule has 0 fully saturated rings. The number of fused-ring (bicyclic) bond motifs is 1. The molecular formula is C23H20O4. The van der Waals surface area contributed by atoms with Crippen molar-refractivity contribution in [1.82, 2.24) is 0 Å². The number of carbonyl (C=O) groups excluding carboxylic acids is 1. The van der Waals surface area contributed by atoms with Crippen molar-refractivity contribution >= 4 is 16.6 Å². The van der Waals surface area contributed by atoms with Crippen LogP contribution in [-0.2, 0) is 9.53 Å². The molecule has 0 saturated carbocycles. The maximum absolute atomic E-state index is 12.7. The average Bonchev–Trinajstić information content (AvgIpc) is 2.70. The van der Waals surface area contributed by atoms with E-state index in [1.165, 1.54) is 0 Å². The summed E-state index contributed by atoms with van der Waals surface area (Å²) in [5.74, 6) is 0.444. The molecule has 1 aliphatic heterocycles. The second-order valence-corrected chi connectivity index (χ2v) is 7.07. The molecule has 1 spiro atoms. The van der Waals surface area contributed by atoms with E-state index in [9.17, 15) is 4.79 Å². The molecule has 1 heterocycles. The van der Waals surface area contributed by atoms with Gasteiger partial charge in [-0.2, -0.15) is 0 Å².